The first-order chi connectivity index (χ1) is 8.06. The lowest BCUT2D eigenvalue weighted by atomic mass is 10.1. The highest BCUT2D eigenvalue weighted by Gasteiger charge is 2.22. The number of aryl methyl sites for hydroxylation is 1. The SMILES string of the molecule is Cc1ccc(I)cc1NC(=O)C1C=CC(N)C1. The fourth-order valence-electron chi connectivity index (χ4n) is 1.88. The molecule has 0 heterocycles. The van der Waals surface area contributed by atoms with Crippen LogP contribution in [0.3, 0.4) is 0 Å². The van der Waals surface area contributed by atoms with E-state index >= 15 is 0 Å². The minimum absolute atomic E-state index is 0.0164. The van der Waals surface area contributed by atoms with Crippen LogP contribution >= 0.6 is 22.6 Å². The van der Waals surface area contributed by atoms with Gasteiger partial charge in [0.25, 0.3) is 0 Å². The van der Waals surface area contributed by atoms with Gasteiger partial charge in [-0.25, -0.2) is 0 Å². The molecule has 1 aliphatic carbocycles. The second-order valence-electron chi connectivity index (χ2n) is 4.34. The van der Waals surface area contributed by atoms with Crippen molar-refractivity contribution >= 4 is 34.2 Å². The molecule has 3 nitrogen and oxygen atoms in total. The van der Waals surface area contributed by atoms with Gasteiger partial charge >= 0.3 is 0 Å². The summed E-state index contributed by atoms with van der Waals surface area (Å²) < 4.78 is 1.11. The molecule has 0 aromatic heterocycles. The molecule has 1 aliphatic rings. The Labute approximate surface area is 115 Å². The van der Waals surface area contributed by atoms with Crippen LogP contribution < -0.4 is 11.1 Å². The summed E-state index contributed by atoms with van der Waals surface area (Å²) in [5.74, 6) is -0.0680. The van der Waals surface area contributed by atoms with Crippen LogP contribution in [0.4, 0.5) is 5.69 Å². The predicted molar refractivity (Wildman–Crippen MR) is 77.7 cm³/mol. The van der Waals surface area contributed by atoms with Gasteiger partial charge in [0.1, 0.15) is 0 Å². The van der Waals surface area contributed by atoms with E-state index in [1.807, 2.05) is 37.3 Å². The number of benzene rings is 1. The van der Waals surface area contributed by atoms with Gasteiger partial charge in [0.05, 0.1) is 5.92 Å². The topological polar surface area (TPSA) is 55.1 Å². The second-order valence-corrected chi connectivity index (χ2v) is 5.59. The highest BCUT2D eigenvalue weighted by Crippen LogP contribution is 2.22. The number of amides is 1. The van der Waals surface area contributed by atoms with E-state index in [2.05, 4.69) is 27.9 Å². The fraction of sp³-hybridized carbons (Fsp3) is 0.308. The third-order valence-electron chi connectivity index (χ3n) is 2.91. The van der Waals surface area contributed by atoms with Crippen LogP contribution in [0, 0.1) is 16.4 Å². The average molecular weight is 342 g/mol. The zero-order valence-electron chi connectivity index (χ0n) is 9.61. The first-order valence-corrected chi connectivity index (χ1v) is 6.65. The molecule has 0 bridgehead atoms. The number of halogens is 1. The molecule has 0 saturated carbocycles. The van der Waals surface area contributed by atoms with Crippen molar-refractivity contribution in [2.24, 2.45) is 11.7 Å². The van der Waals surface area contributed by atoms with Gasteiger partial charge in [-0.05, 0) is 53.6 Å². The van der Waals surface area contributed by atoms with Gasteiger partial charge in [0.15, 0.2) is 0 Å². The lowest BCUT2D eigenvalue weighted by Crippen LogP contribution is -2.24. The van der Waals surface area contributed by atoms with E-state index in [1.54, 1.807) is 0 Å². The Morgan fingerprint density at radius 1 is 1.47 bits per heavy atom. The highest BCUT2D eigenvalue weighted by atomic mass is 127. The Balaban J connectivity index is 2.08. The molecule has 0 saturated heterocycles. The second kappa shape index (κ2) is 5.18. The highest BCUT2D eigenvalue weighted by molar-refractivity contribution is 14.1. The van der Waals surface area contributed by atoms with Gasteiger partial charge < -0.3 is 11.1 Å². The van der Waals surface area contributed by atoms with Crippen molar-refractivity contribution in [2.75, 3.05) is 5.32 Å². The van der Waals surface area contributed by atoms with Crippen molar-refractivity contribution in [1.82, 2.24) is 0 Å². The monoisotopic (exact) mass is 342 g/mol. The predicted octanol–water partition coefficient (Wildman–Crippen LogP) is 2.44. The van der Waals surface area contributed by atoms with Crippen LogP contribution in [-0.2, 0) is 4.79 Å². The van der Waals surface area contributed by atoms with E-state index in [0.29, 0.717) is 6.42 Å². The minimum atomic E-state index is -0.0951. The third-order valence-corrected chi connectivity index (χ3v) is 3.58. The maximum Gasteiger partial charge on any atom is 0.231 e. The Hall–Kier alpha value is -0.880. The number of hydrogen-bond donors (Lipinski definition) is 2. The summed E-state index contributed by atoms with van der Waals surface area (Å²) in [6, 6.07) is 6.03. The molecule has 1 aromatic rings. The normalized spacial score (nSPS) is 22.8. The molecule has 0 fully saturated rings. The summed E-state index contributed by atoms with van der Waals surface area (Å²) in [6.45, 7) is 1.99. The molecule has 4 heteroatoms. The number of carbonyl (C=O) groups is 1. The van der Waals surface area contributed by atoms with Crippen LogP contribution in [0.15, 0.2) is 30.4 Å². The van der Waals surface area contributed by atoms with Crippen molar-refractivity contribution in [2.45, 2.75) is 19.4 Å². The van der Waals surface area contributed by atoms with Crippen molar-refractivity contribution in [3.05, 3.63) is 39.5 Å². The van der Waals surface area contributed by atoms with Crippen molar-refractivity contribution in [1.29, 1.82) is 0 Å². The number of hydrogen-bond acceptors (Lipinski definition) is 2. The van der Waals surface area contributed by atoms with E-state index in [-0.39, 0.29) is 17.9 Å². The molecule has 0 aliphatic heterocycles. The molecule has 2 unspecified atom stereocenters. The smallest absolute Gasteiger partial charge is 0.231 e. The lowest BCUT2D eigenvalue weighted by Gasteiger charge is -2.12. The summed E-state index contributed by atoms with van der Waals surface area (Å²) in [5, 5.41) is 2.96. The average Bonchev–Trinajstić information content (AvgIpc) is 2.70. The van der Waals surface area contributed by atoms with Crippen LogP contribution in [0.25, 0.3) is 0 Å². The first kappa shape index (κ1) is 12.6. The van der Waals surface area contributed by atoms with Crippen LogP contribution in [0.1, 0.15) is 12.0 Å². The van der Waals surface area contributed by atoms with Gasteiger partial charge in [0, 0.05) is 15.3 Å². The van der Waals surface area contributed by atoms with E-state index < -0.39 is 0 Å². The molecular formula is C13H15IN2O. The molecule has 1 amide bonds. The third kappa shape index (κ3) is 3.07. The Morgan fingerprint density at radius 3 is 2.88 bits per heavy atom. The Morgan fingerprint density at radius 2 is 2.24 bits per heavy atom. The lowest BCUT2D eigenvalue weighted by molar-refractivity contribution is -0.118. The largest absolute Gasteiger partial charge is 0.325 e. The molecule has 2 atom stereocenters. The number of anilines is 1. The van der Waals surface area contributed by atoms with Crippen LogP contribution in [0.5, 0.6) is 0 Å². The van der Waals surface area contributed by atoms with Crippen LogP contribution in [-0.4, -0.2) is 11.9 Å². The summed E-state index contributed by atoms with van der Waals surface area (Å²) in [7, 11) is 0. The number of carbonyl (C=O) groups excluding carboxylic acids is 1. The minimum Gasteiger partial charge on any atom is -0.325 e. The van der Waals surface area contributed by atoms with Gasteiger partial charge in [-0.1, -0.05) is 18.2 Å². The van der Waals surface area contributed by atoms with E-state index in [0.717, 1.165) is 14.8 Å². The van der Waals surface area contributed by atoms with E-state index in [1.165, 1.54) is 0 Å². The first-order valence-electron chi connectivity index (χ1n) is 5.57. The fourth-order valence-corrected chi connectivity index (χ4v) is 2.37. The quantitative estimate of drug-likeness (QED) is 0.641. The van der Waals surface area contributed by atoms with E-state index in [9.17, 15) is 4.79 Å². The number of rotatable bonds is 2. The molecule has 0 spiro atoms. The van der Waals surface area contributed by atoms with Gasteiger partial charge in [0.2, 0.25) is 5.91 Å². The molecule has 17 heavy (non-hydrogen) atoms. The van der Waals surface area contributed by atoms with Gasteiger partial charge in [-0.2, -0.15) is 0 Å². The zero-order chi connectivity index (χ0) is 12.4. The molecule has 2 rings (SSSR count). The zero-order valence-corrected chi connectivity index (χ0v) is 11.8. The molecule has 3 N–H and O–H groups in total. The van der Waals surface area contributed by atoms with Crippen molar-refractivity contribution in [3.8, 4) is 0 Å². The number of nitrogens with one attached hydrogen (secondary N) is 1. The van der Waals surface area contributed by atoms with Crippen molar-refractivity contribution < 1.29 is 4.79 Å². The summed E-state index contributed by atoms with van der Waals surface area (Å²) in [6.07, 6.45) is 4.49. The maximum atomic E-state index is 12.0. The summed E-state index contributed by atoms with van der Waals surface area (Å²) in [4.78, 5) is 12.0. The molecule has 0 radical (unpaired) electrons. The Bertz CT molecular complexity index is 470. The van der Waals surface area contributed by atoms with Gasteiger partial charge in [-0.3, -0.25) is 4.79 Å². The standard InChI is InChI=1S/C13H15IN2O/c1-8-2-4-10(14)7-12(8)16-13(17)9-3-5-11(15)6-9/h2-5,7,9,11H,6,15H2,1H3,(H,16,17). The van der Waals surface area contributed by atoms with Crippen LogP contribution in [0.2, 0.25) is 0 Å². The van der Waals surface area contributed by atoms with Gasteiger partial charge in [-0.15, -0.1) is 0 Å². The van der Waals surface area contributed by atoms with Crippen molar-refractivity contribution in [3.63, 3.8) is 0 Å². The summed E-state index contributed by atoms with van der Waals surface area (Å²) >= 11 is 2.24. The molecular weight excluding hydrogens is 327 g/mol. The molecule has 1 aromatic carbocycles. The summed E-state index contributed by atoms with van der Waals surface area (Å²) in [5.41, 5.74) is 7.70. The maximum absolute atomic E-state index is 12.0. The Kier molecular flexibility index (Phi) is 3.83. The number of nitrogens with two attached hydrogens (primary N) is 1. The molecule has 90 valence electrons. The van der Waals surface area contributed by atoms with E-state index in [4.69, 9.17) is 5.73 Å².